The Morgan fingerprint density at radius 2 is 2.18 bits per heavy atom. The molecule has 0 fully saturated rings. The van der Waals surface area contributed by atoms with Crippen LogP contribution in [0, 0.1) is 0 Å². The van der Waals surface area contributed by atoms with E-state index in [4.69, 9.17) is 0 Å². The molecule has 2 heterocycles. The van der Waals surface area contributed by atoms with Crippen LogP contribution in [0.2, 0.25) is 0 Å². The maximum absolute atomic E-state index is 13.4. The monoisotopic (exact) mass is 384 g/mol. The van der Waals surface area contributed by atoms with Crippen molar-refractivity contribution in [2.75, 3.05) is 0 Å². The highest BCUT2D eigenvalue weighted by Gasteiger charge is 2.24. The first-order chi connectivity index (χ1) is 10.4. The standard InChI is InChI=1S/C14H10BrFN2O3S/c15-10-4-13-14(17-6-10)9(8-19)7-18(13)22(20,21)12-3-1-2-11(16)5-12/h3-8H,1-2H2. The average molecular weight is 385 g/mol. The third kappa shape index (κ3) is 2.42. The van der Waals surface area contributed by atoms with Gasteiger partial charge in [0, 0.05) is 23.3 Å². The van der Waals surface area contributed by atoms with Crippen molar-refractivity contribution < 1.29 is 17.6 Å². The maximum atomic E-state index is 13.4. The van der Waals surface area contributed by atoms with E-state index in [0.29, 0.717) is 17.2 Å². The number of hydrogen-bond acceptors (Lipinski definition) is 4. The van der Waals surface area contributed by atoms with Crippen LogP contribution in [0.1, 0.15) is 23.2 Å². The molecule has 0 unspecified atom stereocenters. The van der Waals surface area contributed by atoms with E-state index >= 15 is 0 Å². The van der Waals surface area contributed by atoms with Gasteiger partial charge in [0.05, 0.1) is 21.5 Å². The molecule has 0 spiro atoms. The van der Waals surface area contributed by atoms with Gasteiger partial charge in [-0.3, -0.25) is 9.78 Å². The Morgan fingerprint density at radius 3 is 2.86 bits per heavy atom. The van der Waals surface area contributed by atoms with Crippen LogP contribution in [0.25, 0.3) is 11.0 Å². The van der Waals surface area contributed by atoms with Crippen LogP contribution in [-0.2, 0) is 10.0 Å². The molecule has 0 atom stereocenters. The number of pyridine rings is 1. The maximum Gasteiger partial charge on any atom is 0.268 e. The number of halogens is 2. The van der Waals surface area contributed by atoms with Gasteiger partial charge in [0.25, 0.3) is 10.0 Å². The Labute approximate surface area is 134 Å². The molecule has 0 aliphatic heterocycles. The van der Waals surface area contributed by atoms with E-state index in [1.54, 1.807) is 6.07 Å². The minimum atomic E-state index is -3.99. The summed E-state index contributed by atoms with van der Waals surface area (Å²) >= 11 is 3.22. The van der Waals surface area contributed by atoms with Crippen LogP contribution in [-0.4, -0.2) is 23.7 Å². The highest BCUT2D eigenvalue weighted by Crippen LogP contribution is 2.28. The summed E-state index contributed by atoms with van der Waals surface area (Å²) < 4.78 is 40.4. The second kappa shape index (κ2) is 5.44. The average Bonchev–Trinajstić information content (AvgIpc) is 2.85. The van der Waals surface area contributed by atoms with E-state index in [2.05, 4.69) is 20.9 Å². The number of fused-ring (bicyclic) bond motifs is 1. The number of allylic oxidation sites excluding steroid dienone is 3. The van der Waals surface area contributed by atoms with Crippen molar-refractivity contribution in [3.05, 3.63) is 51.4 Å². The first-order valence-electron chi connectivity index (χ1n) is 6.37. The van der Waals surface area contributed by atoms with E-state index in [9.17, 15) is 17.6 Å². The molecule has 8 heteroatoms. The number of aromatic nitrogens is 2. The van der Waals surface area contributed by atoms with Gasteiger partial charge in [-0.25, -0.2) is 16.8 Å². The molecule has 0 saturated carbocycles. The molecule has 2 aromatic rings. The SMILES string of the molecule is O=Cc1cn(S(=O)(=O)C2=CCCC(F)=C2)c2cc(Br)cnc12. The van der Waals surface area contributed by atoms with Crippen molar-refractivity contribution in [1.29, 1.82) is 0 Å². The predicted octanol–water partition coefficient (Wildman–Crippen LogP) is 3.32. The number of rotatable bonds is 3. The van der Waals surface area contributed by atoms with Gasteiger partial charge in [-0.05, 0) is 34.5 Å². The van der Waals surface area contributed by atoms with E-state index in [-0.39, 0.29) is 27.9 Å². The van der Waals surface area contributed by atoms with Crippen molar-refractivity contribution in [2.45, 2.75) is 12.8 Å². The molecule has 0 N–H and O–H groups in total. The summed E-state index contributed by atoms with van der Waals surface area (Å²) in [5.74, 6) is -0.479. The zero-order valence-electron chi connectivity index (χ0n) is 11.2. The van der Waals surface area contributed by atoms with Crippen LogP contribution in [0.3, 0.4) is 0 Å². The summed E-state index contributed by atoms with van der Waals surface area (Å²) in [6.45, 7) is 0. The highest BCUT2D eigenvalue weighted by atomic mass is 79.9. The lowest BCUT2D eigenvalue weighted by molar-refractivity contribution is 0.112. The number of aldehydes is 1. The van der Waals surface area contributed by atoms with Crippen molar-refractivity contribution >= 4 is 43.3 Å². The van der Waals surface area contributed by atoms with Gasteiger partial charge in [0.15, 0.2) is 6.29 Å². The van der Waals surface area contributed by atoms with Gasteiger partial charge in [0.2, 0.25) is 0 Å². The Kier molecular flexibility index (Phi) is 3.73. The lowest BCUT2D eigenvalue weighted by Gasteiger charge is -2.11. The summed E-state index contributed by atoms with van der Waals surface area (Å²) in [5, 5.41) is 0. The van der Waals surface area contributed by atoms with Crippen LogP contribution in [0.15, 0.2) is 45.8 Å². The fraction of sp³-hybridized carbons (Fsp3) is 0.143. The first kappa shape index (κ1) is 15.1. The number of carbonyl (C=O) groups excluding carboxylic acids is 1. The molecule has 2 aromatic heterocycles. The Hall–Kier alpha value is -1.80. The largest absolute Gasteiger partial charge is 0.298 e. The summed E-state index contributed by atoms with van der Waals surface area (Å²) in [6.07, 6.45) is 6.21. The van der Waals surface area contributed by atoms with Crippen LogP contribution < -0.4 is 0 Å². The Balaban J connectivity index is 2.28. The molecule has 1 aliphatic carbocycles. The van der Waals surface area contributed by atoms with Crippen molar-refractivity contribution in [3.63, 3.8) is 0 Å². The van der Waals surface area contributed by atoms with E-state index in [1.807, 2.05) is 0 Å². The number of hydrogen-bond donors (Lipinski definition) is 0. The van der Waals surface area contributed by atoms with Gasteiger partial charge in [-0.2, -0.15) is 0 Å². The Bertz CT molecular complexity index is 944. The number of nitrogens with zero attached hydrogens (tertiary/aromatic N) is 2. The first-order valence-corrected chi connectivity index (χ1v) is 8.60. The van der Waals surface area contributed by atoms with E-state index < -0.39 is 15.9 Å². The third-order valence-corrected chi connectivity index (χ3v) is 5.45. The fourth-order valence-corrected chi connectivity index (χ4v) is 4.09. The fourth-order valence-electron chi connectivity index (χ4n) is 2.29. The molecule has 114 valence electrons. The molecule has 1 aliphatic rings. The van der Waals surface area contributed by atoms with E-state index in [0.717, 1.165) is 10.0 Å². The van der Waals surface area contributed by atoms with Crippen LogP contribution in [0.5, 0.6) is 0 Å². The summed E-state index contributed by atoms with van der Waals surface area (Å²) in [5.41, 5.74) is 0.700. The Morgan fingerprint density at radius 1 is 1.41 bits per heavy atom. The minimum Gasteiger partial charge on any atom is -0.298 e. The summed E-state index contributed by atoms with van der Waals surface area (Å²) in [7, 11) is -3.99. The molecule has 5 nitrogen and oxygen atoms in total. The molecule has 0 saturated heterocycles. The second-order valence-corrected chi connectivity index (χ2v) is 7.49. The zero-order chi connectivity index (χ0) is 15.9. The molecule has 0 bridgehead atoms. The molecular weight excluding hydrogens is 375 g/mol. The van der Waals surface area contributed by atoms with Gasteiger partial charge >= 0.3 is 0 Å². The molecule has 0 aromatic carbocycles. The molecule has 3 rings (SSSR count). The van der Waals surface area contributed by atoms with Gasteiger partial charge in [0.1, 0.15) is 5.83 Å². The van der Waals surface area contributed by atoms with Gasteiger partial charge in [-0.1, -0.05) is 6.08 Å². The lowest BCUT2D eigenvalue weighted by Crippen LogP contribution is -2.14. The second-order valence-electron chi connectivity index (χ2n) is 4.76. The smallest absolute Gasteiger partial charge is 0.268 e. The van der Waals surface area contributed by atoms with E-state index in [1.165, 1.54) is 18.5 Å². The lowest BCUT2D eigenvalue weighted by atomic mass is 10.2. The zero-order valence-corrected chi connectivity index (χ0v) is 13.6. The van der Waals surface area contributed by atoms with Crippen molar-refractivity contribution in [2.24, 2.45) is 0 Å². The topological polar surface area (TPSA) is 69.0 Å². The third-order valence-electron chi connectivity index (χ3n) is 3.31. The van der Waals surface area contributed by atoms with Crippen molar-refractivity contribution in [3.8, 4) is 0 Å². The van der Waals surface area contributed by atoms with Gasteiger partial charge in [-0.15, -0.1) is 0 Å². The van der Waals surface area contributed by atoms with Crippen LogP contribution >= 0.6 is 15.9 Å². The molecular formula is C14H10BrFN2O3S. The van der Waals surface area contributed by atoms with Gasteiger partial charge < -0.3 is 0 Å². The summed E-state index contributed by atoms with van der Waals surface area (Å²) in [4.78, 5) is 15.1. The molecule has 0 amide bonds. The van der Waals surface area contributed by atoms with Crippen molar-refractivity contribution in [1.82, 2.24) is 8.96 Å². The van der Waals surface area contributed by atoms with Crippen LogP contribution in [0.4, 0.5) is 4.39 Å². The molecule has 0 radical (unpaired) electrons. The highest BCUT2D eigenvalue weighted by molar-refractivity contribution is 9.10. The quantitative estimate of drug-likeness (QED) is 0.761. The molecule has 22 heavy (non-hydrogen) atoms. The number of carbonyl (C=O) groups is 1. The summed E-state index contributed by atoms with van der Waals surface area (Å²) in [6, 6.07) is 1.55. The normalized spacial score (nSPS) is 15.5. The minimum absolute atomic E-state index is 0.120. The predicted molar refractivity (Wildman–Crippen MR) is 83.6 cm³/mol.